The molecule has 0 aromatic carbocycles. The highest BCUT2D eigenvalue weighted by molar-refractivity contribution is 5.66. The van der Waals surface area contributed by atoms with Crippen LogP contribution >= 0.6 is 0 Å². The van der Waals surface area contributed by atoms with Gasteiger partial charge in [-0.25, -0.2) is 0 Å². The normalized spacial score (nSPS) is 21.3. The van der Waals surface area contributed by atoms with Crippen LogP contribution in [0, 0.1) is 17.8 Å². The highest BCUT2D eigenvalue weighted by Crippen LogP contribution is 2.35. The Morgan fingerprint density at radius 3 is 2.62 bits per heavy atom. The van der Waals surface area contributed by atoms with Crippen molar-refractivity contribution in [2.24, 2.45) is 17.8 Å². The first-order valence-electron chi connectivity index (χ1n) is 11.8. The molecule has 0 heterocycles. The number of allylic oxidation sites excluding steroid dienone is 4. The van der Waals surface area contributed by atoms with Gasteiger partial charge in [0.2, 0.25) is 0 Å². The van der Waals surface area contributed by atoms with Crippen molar-refractivity contribution in [3.63, 3.8) is 0 Å². The molecule has 0 bridgehead atoms. The summed E-state index contributed by atoms with van der Waals surface area (Å²) in [6.07, 6.45) is 23.5. The topological polar surface area (TPSA) is 66.8 Å². The number of hydrogen-bond donors (Lipinski definition) is 2. The molecule has 1 rings (SSSR count). The average Bonchev–Trinajstić information content (AvgIpc) is 3.09. The van der Waals surface area contributed by atoms with Crippen molar-refractivity contribution in [2.75, 3.05) is 0 Å². The molecule has 1 fully saturated rings. The Morgan fingerprint density at radius 2 is 1.93 bits per heavy atom. The van der Waals surface area contributed by atoms with Gasteiger partial charge in [0, 0.05) is 13.3 Å². The Bertz CT molecular complexity index is 495. The minimum atomic E-state index is -2.33. The second kappa shape index (κ2) is 14.8. The van der Waals surface area contributed by atoms with Gasteiger partial charge in [-0.15, -0.1) is 0 Å². The van der Waals surface area contributed by atoms with Crippen LogP contribution in [0.1, 0.15) is 104 Å². The Hall–Kier alpha value is -1.13. The molecule has 3 atom stereocenters. The molecule has 29 heavy (non-hydrogen) atoms. The second-order valence-corrected chi connectivity index (χ2v) is 8.72. The van der Waals surface area contributed by atoms with Crippen molar-refractivity contribution in [1.29, 1.82) is 0 Å². The molecule has 1 saturated carbocycles. The number of aliphatic hydroxyl groups is 2. The molecular formula is C25H44O4. The van der Waals surface area contributed by atoms with Gasteiger partial charge in [-0.05, 0) is 62.7 Å². The largest absolute Gasteiger partial charge is 0.408 e. The Labute approximate surface area is 178 Å². The van der Waals surface area contributed by atoms with E-state index in [2.05, 4.69) is 42.9 Å². The third kappa shape index (κ3) is 12.2. The van der Waals surface area contributed by atoms with E-state index in [1.807, 2.05) is 0 Å². The van der Waals surface area contributed by atoms with Crippen LogP contribution in [-0.4, -0.2) is 22.2 Å². The standard InChI is InChI=1S/C25H44O4/c1-4-6-14-22(5-2)15-12-17-24-19-13-18-23(24)16-10-8-7-9-11-20-25(27,28)29-21(3)26/h8,10,12,17,22-24,27-28H,4-7,9,11,13-16,18-20H2,1-3H3/t22-,23-,24-/m0/s1. The predicted octanol–water partition coefficient (Wildman–Crippen LogP) is 6.27. The fourth-order valence-electron chi connectivity index (χ4n) is 4.33. The van der Waals surface area contributed by atoms with E-state index in [4.69, 9.17) is 0 Å². The molecule has 0 unspecified atom stereocenters. The summed E-state index contributed by atoms with van der Waals surface area (Å²) < 4.78 is 4.47. The first-order valence-corrected chi connectivity index (χ1v) is 11.8. The molecule has 1 aliphatic rings. The van der Waals surface area contributed by atoms with Crippen LogP contribution in [0.4, 0.5) is 0 Å². The highest BCUT2D eigenvalue weighted by atomic mass is 16.8. The number of carbonyl (C=O) groups excluding carboxylic acids is 1. The molecule has 0 aromatic rings. The molecule has 4 nitrogen and oxygen atoms in total. The summed E-state index contributed by atoms with van der Waals surface area (Å²) in [5, 5.41) is 19.0. The van der Waals surface area contributed by atoms with Crippen molar-refractivity contribution in [2.45, 2.75) is 110 Å². The first-order chi connectivity index (χ1) is 13.9. The van der Waals surface area contributed by atoms with Gasteiger partial charge < -0.3 is 14.9 Å². The lowest BCUT2D eigenvalue weighted by Crippen LogP contribution is -2.33. The SMILES string of the molecule is CCCC[C@H](CC)CC=C[C@H]1CCC[C@@H]1CC=CCCCCC(O)(O)OC(C)=O. The van der Waals surface area contributed by atoms with Crippen molar-refractivity contribution in [3.05, 3.63) is 24.3 Å². The maximum atomic E-state index is 10.8. The van der Waals surface area contributed by atoms with E-state index in [9.17, 15) is 15.0 Å². The summed E-state index contributed by atoms with van der Waals surface area (Å²) in [7, 11) is 0. The summed E-state index contributed by atoms with van der Waals surface area (Å²) in [5.41, 5.74) is 0. The van der Waals surface area contributed by atoms with Crippen LogP contribution in [-0.2, 0) is 9.53 Å². The van der Waals surface area contributed by atoms with Crippen molar-refractivity contribution < 1.29 is 19.7 Å². The summed E-state index contributed by atoms with van der Waals surface area (Å²) in [5.74, 6) is -0.655. The van der Waals surface area contributed by atoms with Crippen molar-refractivity contribution in [3.8, 4) is 0 Å². The summed E-state index contributed by atoms with van der Waals surface area (Å²) in [6, 6.07) is 0. The van der Waals surface area contributed by atoms with E-state index in [0.29, 0.717) is 6.42 Å². The van der Waals surface area contributed by atoms with Gasteiger partial charge in [-0.1, -0.05) is 70.3 Å². The third-order valence-corrected chi connectivity index (χ3v) is 6.15. The molecule has 0 aliphatic heterocycles. The lowest BCUT2D eigenvalue weighted by atomic mass is 9.90. The molecular weight excluding hydrogens is 364 g/mol. The summed E-state index contributed by atoms with van der Waals surface area (Å²) >= 11 is 0. The molecule has 0 amide bonds. The van der Waals surface area contributed by atoms with Gasteiger partial charge in [0.1, 0.15) is 0 Å². The van der Waals surface area contributed by atoms with Gasteiger partial charge in [0.25, 0.3) is 0 Å². The van der Waals surface area contributed by atoms with Gasteiger partial charge >= 0.3 is 11.9 Å². The van der Waals surface area contributed by atoms with E-state index in [-0.39, 0.29) is 6.42 Å². The maximum absolute atomic E-state index is 10.8. The van der Waals surface area contributed by atoms with Crippen molar-refractivity contribution in [1.82, 2.24) is 0 Å². The first kappa shape index (κ1) is 25.9. The molecule has 1 aliphatic carbocycles. The van der Waals surface area contributed by atoms with Gasteiger partial charge in [0.05, 0.1) is 0 Å². The molecule has 0 aromatic heterocycles. The number of carbonyl (C=O) groups is 1. The number of rotatable bonds is 15. The zero-order valence-corrected chi connectivity index (χ0v) is 18.9. The van der Waals surface area contributed by atoms with E-state index in [1.165, 1.54) is 58.3 Å². The predicted molar refractivity (Wildman–Crippen MR) is 119 cm³/mol. The van der Waals surface area contributed by atoms with Gasteiger partial charge in [-0.3, -0.25) is 4.79 Å². The number of esters is 1. The van der Waals surface area contributed by atoms with E-state index >= 15 is 0 Å². The van der Waals surface area contributed by atoms with Crippen molar-refractivity contribution >= 4 is 5.97 Å². The lowest BCUT2D eigenvalue weighted by molar-refractivity contribution is -0.321. The van der Waals surface area contributed by atoms with Gasteiger partial charge in [0.15, 0.2) is 0 Å². The Balaban J connectivity index is 2.24. The summed E-state index contributed by atoms with van der Waals surface area (Å²) in [6.45, 7) is 5.76. The molecule has 168 valence electrons. The Kier molecular flexibility index (Phi) is 13.2. The quantitative estimate of drug-likeness (QED) is 0.145. The number of ether oxygens (including phenoxy) is 1. The second-order valence-electron chi connectivity index (χ2n) is 8.72. The van der Waals surface area contributed by atoms with Crippen LogP contribution in [0.5, 0.6) is 0 Å². The fraction of sp³-hybridized carbons (Fsp3) is 0.800. The van der Waals surface area contributed by atoms with Crippen LogP contribution in [0.2, 0.25) is 0 Å². The number of unbranched alkanes of at least 4 members (excludes halogenated alkanes) is 3. The number of hydrogen-bond acceptors (Lipinski definition) is 4. The van der Waals surface area contributed by atoms with Gasteiger partial charge in [-0.2, -0.15) is 0 Å². The van der Waals surface area contributed by atoms with Crippen LogP contribution in [0.15, 0.2) is 24.3 Å². The maximum Gasteiger partial charge on any atom is 0.324 e. The van der Waals surface area contributed by atoms with Crippen LogP contribution in [0.3, 0.4) is 0 Å². The molecule has 0 saturated heterocycles. The smallest absolute Gasteiger partial charge is 0.324 e. The Morgan fingerprint density at radius 1 is 1.14 bits per heavy atom. The molecule has 0 spiro atoms. The molecule has 2 N–H and O–H groups in total. The zero-order chi connectivity index (χ0) is 21.5. The average molecular weight is 409 g/mol. The van der Waals surface area contributed by atoms with E-state index in [0.717, 1.165) is 37.0 Å². The fourth-order valence-corrected chi connectivity index (χ4v) is 4.33. The summed E-state index contributed by atoms with van der Waals surface area (Å²) in [4.78, 5) is 10.8. The highest BCUT2D eigenvalue weighted by Gasteiger charge is 2.26. The van der Waals surface area contributed by atoms with Crippen LogP contribution in [0.25, 0.3) is 0 Å². The van der Waals surface area contributed by atoms with Crippen LogP contribution < -0.4 is 0 Å². The minimum absolute atomic E-state index is 0.0485. The minimum Gasteiger partial charge on any atom is -0.408 e. The monoisotopic (exact) mass is 408 g/mol. The molecule has 4 heteroatoms. The zero-order valence-electron chi connectivity index (χ0n) is 18.9. The lowest BCUT2D eigenvalue weighted by Gasteiger charge is -2.20. The third-order valence-electron chi connectivity index (χ3n) is 6.15. The molecule has 0 radical (unpaired) electrons. The van der Waals surface area contributed by atoms with E-state index < -0.39 is 11.9 Å². The van der Waals surface area contributed by atoms with E-state index in [1.54, 1.807) is 0 Å².